The monoisotopic (exact) mass is 492 g/mol. The third-order valence-electron chi connectivity index (χ3n) is 4.87. The van der Waals surface area contributed by atoms with Gasteiger partial charge >= 0.3 is 11.7 Å². The van der Waals surface area contributed by atoms with E-state index in [1.54, 1.807) is 36.4 Å². The van der Waals surface area contributed by atoms with Crippen LogP contribution in [0.15, 0.2) is 79.7 Å². The molecular formula is C23H17BrN4O4. The topological polar surface area (TPSA) is 117 Å². The summed E-state index contributed by atoms with van der Waals surface area (Å²) in [6.07, 6.45) is 0.929. The molecular weight excluding hydrogens is 476 g/mol. The minimum atomic E-state index is -0.861. The van der Waals surface area contributed by atoms with Crippen molar-refractivity contribution in [3.63, 3.8) is 0 Å². The molecule has 2 amide bonds. The van der Waals surface area contributed by atoms with Crippen molar-refractivity contribution in [2.75, 3.05) is 5.32 Å². The third kappa shape index (κ3) is 4.10. The van der Waals surface area contributed by atoms with Crippen LogP contribution in [0.1, 0.15) is 11.1 Å². The molecule has 0 aliphatic rings. The molecule has 32 heavy (non-hydrogen) atoms. The van der Waals surface area contributed by atoms with Gasteiger partial charge < -0.3 is 10.4 Å². The molecule has 160 valence electrons. The minimum absolute atomic E-state index is 0.319. The number of hydrogen-bond donors (Lipinski definition) is 3. The van der Waals surface area contributed by atoms with E-state index < -0.39 is 23.2 Å². The van der Waals surface area contributed by atoms with E-state index in [2.05, 4.69) is 31.2 Å². The van der Waals surface area contributed by atoms with Crippen molar-refractivity contribution < 1.29 is 9.90 Å². The summed E-state index contributed by atoms with van der Waals surface area (Å²) in [6.45, 7) is 1.82. The van der Waals surface area contributed by atoms with Gasteiger partial charge in [-0.1, -0.05) is 52.3 Å². The number of aromatic hydroxyl groups is 1. The molecule has 3 aromatic carbocycles. The normalized spacial score (nSPS) is 11.2. The first-order valence-electron chi connectivity index (χ1n) is 9.53. The summed E-state index contributed by atoms with van der Waals surface area (Å²) in [4.78, 5) is 43.0. The fraction of sp³-hybridized carbons (Fsp3) is 0.0435. The summed E-state index contributed by atoms with van der Waals surface area (Å²) in [5.41, 5.74) is -0.245. The molecule has 4 rings (SSSR count). The molecule has 0 aliphatic carbocycles. The molecule has 1 heterocycles. The van der Waals surface area contributed by atoms with E-state index in [1.165, 1.54) is 0 Å². The number of aryl methyl sites for hydroxylation is 1. The number of carbonyl (C=O) groups excluding carboxylic acids is 1. The number of aromatic amines is 1. The first-order valence-corrected chi connectivity index (χ1v) is 10.3. The van der Waals surface area contributed by atoms with E-state index in [4.69, 9.17) is 0 Å². The summed E-state index contributed by atoms with van der Waals surface area (Å²) >= 11 is 3.35. The van der Waals surface area contributed by atoms with Gasteiger partial charge in [0.1, 0.15) is 5.56 Å². The molecule has 0 unspecified atom stereocenters. The Morgan fingerprint density at radius 2 is 1.88 bits per heavy atom. The number of anilines is 1. The van der Waals surface area contributed by atoms with Crippen LogP contribution >= 0.6 is 15.9 Å². The van der Waals surface area contributed by atoms with Gasteiger partial charge in [-0.15, -0.1) is 0 Å². The highest BCUT2D eigenvalue weighted by Crippen LogP contribution is 2.24. The van der Waals surface area contributed by atoms with Gasteiger partial charge in [0.05, 0.1) is 11.9 Å². The number of H-pyrrole nitrogens is 1. The van der Waals surface area contributed by atoms with Gasteiger partial charge in [-0.2, -0.15) is 0 Å². The zero-order valence-corrected chi connectivity index (χ0v) is 18.4. The van der Waals surface area contributed by atoms with E-state index in [-0.39, 0.29) is 5.56 Å². The Morgan fingerprint density at radius 3 is 2.66 bits per heavy atom. The second-order valence-corrected chi connectivity index (χ2v) is 7.89. The Bertz CT molecular complexity index is 1500. The number of amides is 2. The van der Waals surface area contributed by atoms with E-state index in [0.29, 0.717) is 16.8 Å². The van der Waals surface area contributed by atoms with Gasteiger partial charge in [-0.3, -0.25) is 9.78 Å². The molecule has 8 nitrogen and oxygen atoms in total. The summed E-state index contributed by atoms with van der Waals surface area (Å²) in [5.74, 6) is -0.619. The van der Waals surface area contributed by atoms with Crippen molar-refractivity contribution in [2.45, 2.75) is 6.92 Å². The molecule has 0 bridgehead atoms. The number of hydrogen-bond acceptors (Lipinski definition) is 4. The molecule has 9 heteroatoms. The standard InChI is InChI=1S/C23H17BrN4O4/c1-13-11-15(24)9-10-18(13)26-22(31)25-12-17-20(29)27-23(32)28(21(17)30)19-8-4-6-14-5-2-3-7-16(14)19/h2-12,30H,1H3,(H,26,31)(H,27,29,32). The fourth-order valence-corrected chi connectivity index (χ4v) is 3.80. The van der Waals surface area contributed by atoms with E-state index in [1.807, 2.05) is 31.2 Å². The maximum absolute atomic E-state index is 12.5. The van der Waals surface area contributed by atoms with Crippen LogP contribution in [0.25, 0.3) is 16.5 Å². The maximum atomic E-state index is 12.5. The number of halogens is 1. The largest absolute Gasteiger partial charge is 0.493 e. The van der Waals surface area contributed by atoms with Crippen molar-refractivity contribution in [3.05, 3.63) is 97.1 Å². The smallest absolute Gasteiger partial charge is 0.345 e. The van der Waals surface area contributed by atoms with Crippen molar-refractivity contribution in [1.29, 1.82) is 0 Å². The molecule has 3 N–H and O–H groups in total. The van der Waals surface area contributed by atoms with Crippen LogP contribution in [-0.4, -0.2) is 26.9 Å². The number of nitrogens with one attached hydrogen (secondary N) is 2. The molecule has 0 saturated heterocycles. The minimum Gasteiger partial charge on any atom is -0.493 e. The first kappa shape index (κ1) is 21.3. The lowest BCUT2D eigenvalue weighted by atomic mass is 10.1. The molecule has 0 atom stereocenters. The molecule has 4 aromatic rings. The summed E-state index contributed by atoms with van der Waals surface area (Å²) < 4.78 is 1.84. The van der Waals surface area contributed by atoms with Crippen LogP contribution in [-0.2, 0) is 0 Å². The predicted molar refractivity (Wildman–Crippen MR) is 127 cm³/mol. The van der Waals surface area contributed by atoms with Crippen LogP contribution in [0.3, 0.4) is 0 Å². The zero-order valence-electron chi connectivity index (χ0n) is 16.8. The zero-order chi connectivity index (χ0) is 22.8. The third-order valence-corrected chi connectivity index (χ3v) is 5.36. The lowest BCUT2D eigenvalue weighted by molar-refractivity contribution is 0.259. The van der Waals surface area contributed by atoms with Gasteiger partial charge in [0.15, 0.2) is 0 Å². The Balaban J connectivity index is 1.73. The Hall–Kier alpha value is -3.98. The Kier molecular flexibility index (Phi) is 5.74. The number of aliphatic imine (C=N–C) groups is 1. The van der Waals surface area contributed by atoms with Gasteiger partial charge in [0, 0.05) is 15.5 Å². The molecule has 0 saturated carbocycles. The quantitative estimate of drug-likeness (QED) is 0.373. The van der Waals surface area contributed by atoms with Crippen LogP contribution < -0.4 is 16.6 Å². The van der Waals surface area contributed by atoms with Crippen LogP contribution in [0.5, 0.6) is 5.88 Å². The lowest BCUT2D eigenvalue weighted by Gasteiger charge is -2.12. The van der Waals surface area contributed by atoms with Crippen LogP contribution in [0.4, 0.5) is 10.5 Å². The second-order valence-electron chi connectivity index (χ2n) is 6.98. The van der Waals surface area contributed by atoms with Gasteiger partial charge in [-0.25, -0.2) is 19.1 Å². The van der Waals surface area contributed by atoms with Gasteiger partial charge in [-0.05, 0) is 42.1 Å². The van der Waals surface area contributed by atoms with Crippen molar-refractivity contribution in [3.8, 4) is 11.6 Å². The number of rotatable bonds is 3. The first-order chi connectivity index (χ1) is 15.3. The van der Waals surface area contributed by atoms with Crippen molar-refractivity contribution in [2.24, 2.45) is 4.99 Å². The second kappa shape index (κ2) is 8.64. The maximum Gasteiger partial charge on any atom is 0.345 e. The Morgan fingerprint density at radius 1 is 1.12 bits per heavy atom. The molecule has 0 radical (unpaired) electrons. The van der Waals surface area contributed by atoms with Gasteiger partial charge in [0.2, 0.25) is 5.88 Å². The highest BCUT2D eigenvalue weighted by atomic mass is 79.9. The number of fused-ring (bicyclic) bond motifs is 1. The van der Waals surface area contributed by atoms with Gasteiger partial charge in [0.25, 0.3) is 5.56 Å². The molecule has 0 spiro atoms. The van der Waals surface area contributed by atoms with Crippen molar-refractivity contribution >= 4 is 44.6 Å². The van der Waals surface area contributed by atoms with Crippen LogP contribution in [0, 0.1) is 6.92 Å². The number of carbonyl (C=O) groups is 1. The fourth-order valence-electron chi connectivity index (χ4n) is 3.32. The predicted octanol–water partition coefficient (Wildman–Crippen LogP) is 4.11. The lowest BCUT2D eigenvalue weighted by Crippen LogP contribution is -2.31. The number of aromatic nitrogens is 2. The van der Waals surface area contributed by atoms with E-state index >= 15 is 0 Å². The summed E-state index contributed by atoms with van der Waals surface area (Å²) in [6, 6.07) is 17.1. The highest BCUT2D eigenvalue weighted by molar-refractivity contribution is 9.10. The summed E-state index contributed by atoms with van der Waals surface area (Å²) in [7, 11) is 0. The Labute approximate surface area is 190 Å². The van der Waals surface area contributed by atoms with Crippen molar-refractivity contribution in [1.82, 2.24) is 9.55 Å². The van der Waals surface area contributed by atoms with Crippen LogP contribution in [0.2, 0.25) is 0 Å². The SMILES string of the molecule is Cc1cc(Br)ccc1NC(=O)N=Cc1c(O)n(-c2cccc3ccccc23)c(=O)[nH]c1=O. The van der Waals surface area contributed by atoms with E-state index in [9.17, 15) is 19.5 Å². The average Bonchev–Trinajstić information content (AvgIpc) is 2.75. The highest BCUT2D eigenvalue weighted by Gasteiger charge is 2.16. The number of nitrogens with zero attached hydrogens (tertiary/aromatic N) is 2. The molecule has 0 aliphatic heterocycles. The molecule has 0 fully saturated rings. The number of benzene rings is 3. The van der Waals surface area contributed by atoms with E-state index in [0.717, 1.165) is 26.2 Å². The summed E-state index contributed by atoms with van der Waals surface area (Å²) in [5, 5.41) is 14.9. The molecule has 1 aromatic heterocycles. The number of urea groups is 1. The average molecular weight is 493 g/mol.